The van der Waals surface area contributed by atoms with E-state index in [0.717, 1.165) is 49.8 Å². The number of carbonyl (C=O) groups excluding carboxylic acids is 1. The zero-order valence-electron chi connectivity index (χ0n) is 14.4. The molecule has 5 heteroatoms. The summed E-state index contributed by atoms with van der Waals surface area (Å²) in [6.07, 6.45) is 12.5. The SMILES string of the molecule is O=C(NO)c1cc2c(n(CC3CCCCC3)c1=O)CCCCCC2. The van der Waals surface area contributed by atoms with E-state index in [1.54, 1.807) is 11.5 Å². The van der Waals surface area contributed by atoms with Crippen LogP contribution in [0.2, 0.25) is 0 Å². The summed E-state index contributed by atoms with van der Waals surface area (Å²) in [7, 11) is 0. The molecule has 0 radical (unpaired) electrons. The Balaban J connectivity index is 2.02. The Morgan fingerprint density at radius 2 is 1.75 bits per heavy atom. The molecule has 5 nitrogen and oxygen atoms in total. The van der Waals surface area contributed by atoms with E-state index in [1.165, 1.54) is 32.1 Å². The van der Waals surface area contributed by atoms with E-state index in [9.17, 15) is 9.59 Å². The summed E-state index contributed by atoms with van der Waals surface area (Å²) in [5.74, 6) is -0.166. The van der Waals surface area contributed by atoms with Gasteiger partial charge in [0.25, 0.3) is 11.5 Å². The number of hydrogen-bond donors (Lipinski definition) is 2. The third-order valence-corrected chi connectivity index (χ3v) is 5.61. The Labute approximate surface area is 143 Å². The molecule has 1 heterocycles. The molecular weight excluding hydrogens is 304 g/mol. The van der Waals surface area contributed by atoms with Gasteiger partial charge >= 0.3 is 0 Å². The molecule has 2 aliphatic carbocycles. The Hall–Kier alpha value is -1.62. The predicted octanol–water partition coefficient (Wildman–Crippen LogP) is 3.21. The van der Waals surface area contributed by atoms with Gasteiger partial charge in [0.1, 0.15) is 5.56 Å². The zero-order chi connectivity index (χ0) is 16.9. The number of nitrogens with one attached hydrogen (secondary N) is 1. The van der Waals surface area contributed by atoms with Crippen molar-refractivity contribution in [2.75, 3.05) is 0 Å². The van der Waals surface area contributed by atoms with Gasteiger partial charge in [-0.2, -0.15) is 0 Å². The van der Waals surface area contributed by atoms with Gasteiger partial charge in [-0.3, -0.25) is 14.8 Å². The average Bonchev–Trinajstić information content (AvgIpc) is 2.59. The van der Waals surface area contributed by atoms with E-state index >= 15 is 0 Å². The molecule has 132 valence electrons. The summed E-state index contributed by atoms with van der Waals surface area (Å²) in [5.41, 5.74) is 3.71. The molecule has 0 atom stereocenters. The molecule has 0 spiro atoms. The van der Waals surface area contributed by atoms with Crippen molar-refractivity contribution in [3.63, 3.8) is 0 Å². The van der Waals surface area contributed by atoms with Crippen molar-refractivity contribution in [3.05, 3.63) is 33.2 Å². The maximum Gasteiger partial charge on any atom is 0.280 e. The van der Waals surface area contributed by atoms with E-state index < -0.39 is 5.91 Å². The monoisotopic (exact) mass is 332 g/mol. The van der Waals surface area contributed by atoms with Crippen LogP contribution in [0.5, 0.6) is 0 Å². The van der Waals surface area contributed by atoms with E-state index in [1.807, 2.05) is 4.57 Å². The van der Waals surface area contributed by atoms with Crippen molar-refractivity contribution in [2.45, 2.75) is 77.2 Å². The molecule has 0 aromatic carbocycles. The van der Waals surface area contributed by atoms with Crippen LogP contribution in [0.4, 0.5) is 0 Å². The lowest BCUT2D eigenvalue weighted by atomic mass is 9.88. The molecule has 1 aromatic rings. The fourth-order valence-corrected chi connectivity index (χ4v) is 4.28. The van der Waals surface area contributed by atoms with Gasteiger partial charge in [-0.1, -0.05) is 32.1 Å². The lowest BCUT2D eigenvalue weighted by molar-refractivity contribution is 0.0703. The number of hydroxylamine groups is 1. The number of fused-ring (bicyclic) bond motifs is 1. The van der Waals surface area contributed by atoms with Gasteiger partial charge in [-0.25, -0.2) is 5.48 Å². The summed E-state index contributed by atoms with van der Waals surface area (Å²) in [6, 6.07) is 1.71. The average molecular weight is 332 g/mol. The third-order valence-electron chi connectivity index (χ3n) is 5.61. The summed E-state index contributed by atoms with van der Waals surface area (Å²) in [5, 5.41) is 8.98. The zero-order valence-corrected chi connectivity index (χ0v) is 14.4. The van der Waals surface area contributed by atoms with Crippen molar-refractivity contribution in [2.24, 2.45) is 5.92 Å². The largest absolute Gasteiger partial charge is 0.311 e. The van der Waals surface area contributed by atoms with Crippen molar-refractivity contribution >= 4 is 5.91 Å². The van der Waals surface area contributed by atoms with E-state index in [2.05, 4.69) is 0 Å². The summed E-state index contributed by atoms with van der Waals surface area (Å²) in [6.45, 7) is 0.716. The first kappa shape index (κ1) is 17.2. The van der Waals surface area contributed by atoms with Crippen LogP contribution in [0.15, 0.2) is 10.9 Å². The second-order valence-electron chi connectivity index (χ2n) is 7.30. The van der Waals surface area contributed by atoms with Crippen molar-refractivity contribution in [1.29, 1.82) is 0 Å². The molecule has 1 fully saturated rings. The molecule has 0 bridgehead atoms. The number of pyridine rings is 1. The maximum atomic E-state index is 12.9. The Kier molecular flexibility index (Phi) is 5.72. The van der Waals surface area contributed by atoms with Gasteiger partial charge in [-0.05, 0) is 56.1 Å². The number of nitrogens with zero attached hydrogens (tertiary/aromatic N) is 1. The van der Waals surface area contributed by atoms with Crippen LogP contribution in [0.1, 0.15) is 79.4 Å². The highest BCUT2D eigenvalue weighted by Crippen LogP contribution is 2.27. The Morgan fingerprint density at radius 1 is 1.08 bits per heavy atom. The molecule has 1 amide bonds. The predicted molar refractivity (Wildman–Crippen MR) is 92.4 cm³/mol. The Bertz CT molecular complexity index is 645. The van der Waals surface area contributed by atoms with Crippen LogP contribution in [-0.2, 0) is 19.4 Å². The van der Waals surface area contributed by atoms with Crippen LogP contribution >= 0.6 is 0 Å². The number of aromatic nitrogens is 1. The molecule has 0 saturated heterocycles. The van der Waals surface area contributed by atoms with E-state index in [-0.39, 0.29) is 11.1 Å². The van der Waals surface area contributed by atoms with Crippen LogP contribution in [0, 0.1) is 5.92 Å². The number of aryl methyl sites for hydroxylation is 1. The second-order valence-corrected chi connectivity index (χ2v) is 7.30. The first-order chi connectivity index (χ1) is 11.7. The number of rotatable bonds is 3. The maximum absolute atomic E-state index is 12.9. The first-order valence-corrected chi connectivity index (χ1v) is 9.40. The highest BCUT2D eigenvalue weighted by Gasteiger charge is 2.22. The fourth-order valence-electron chi connectivity index (χ4n) is 4.28. The van der Waals surface area contributed by atoms with Gasteiger partial charge in [0, 0.05) is 12.2 Å². The standard InChI is InChI=1S/C19H28N2O3/c22-18(20-24)16-12-15-10-6-1-2-7-11-17(15)21(19(16)23)13-14-8-4-3-5-9-14/h12,14,24H,1-11,13H2,(H,20,22). The first-order valence-electron chi connectivity index (χ1n) is 9.40. The van der Waals surface area contributed by atoms with E-state index in [0.29, 0.717) is 12.5 Å². The van der Waals surface area contributed by atoms with E-state index in [4.69, 9.17) is 5.21 Å². The van der Waals surface area contributed by atoms with Crippen molar-refractivity contribution in [3.8, 4) is 0 Å². The van der Waals surface area contributed by atoms with Crippen LogP contribution in [0.25, 0.3) is 0 Å². The minimum Gasteiger partial charge on any atom is -0.311 e. The molecule has 0 unspecified atom stereocenters. The minimum absolute atomic E-state index is 0.0765. The van der Waals surface area contributed by atoms with Crippen LogP contribution in [0.3, 0.4) is 0 Å². The third kappa shape index (κ3) is 3.72. The highest BCUT2D eigenvalue weighted by atomic mass is 16.5. The van der Waals surface area contributed by atoms with Gasteiger partial charge in [0.15, 0.2) is 0 Å². The molecule has 2 aliphatic rings. The highest BCUT2D eigenvalue weighted by molar-refractivity contribution is 5.93. The minimum atomic E-state index is -0.692. The van der Waals surface area contributed by atoms with Crippen LogP contribution < -0.4 is 11.0 Å². The molecule has 0 aliphatic heterocycles. The normalized spacial score (nSPS) is 19.2. The van der Waals surface area contributed by atoms with Gasteiger partial charge < -0.3 is 4.57 Å². The molecule has 3 rings (SSSR count). The molecule has 2 N–H and O–H groups in total. The second kappa shape index (κ2) is 7.97. The van der Waals surface area contributed by atoms with Crippen LogP contribution in [-0.4, -0.2) is 15.7 Å². The van der Waals surface area contributed by atoms with Crippen molar-refractivity contribution in [1.82, 2.24) is 10.0 Å². The number of hydrogen-bond acceptors (Lipinski definition) is 3. The summed E-state index contributed by atoms with van der Waals surface area (Å²) in [4.78, 5) is 24.8. The van der Waals surface area contributed by atoms with Gasteiger partial charge in [-0.15, -0.1) is 0 Å². The summed E-state index contributed by atoms with van der Waals surface area (Å²) >= 11 is 0. The van der Waals surface area contributed by atoms with Crippen molar-refractivity contribution < 1.29 is 10.0 Å². The lowest BCUT2D eigenvalue weighted by Crippen LogP contribution is -2.36. The quantitative estimate of drug-likeness (QED) is 0.659. The topological polar surface area (TPSA) is 71.3 Å². The molecular formula is C19H28N2O3. The smallest absolute Gasteiger partial charge is 0.280 e. The molecule has 1 aromatic heterocycles. The lowest BCUT2D eigenvalue weighted by Gasteiger charge is -2.26. The number of amides is 1. The molecule has 1 saturated carbocycles. The fraction of sp³-hybridized carbons (Fsp3) is 0.684. The van der Waals surface area contributed by atoms with Gasteiger partial charge in [0.2, 0.25) is 0 Å². The number of carbonyl (C=O) groups is 1. The summed E-state index contributed by atoms with van der Waals surface area (Å²) < 4.78 is 1.86. The van der Waals surface area contributed by atoms with Gasteiger partial charge in [0.05, 0.1) is 0 Å². The molecule has 24 heavy (non-hydrogen) atoms. The Morgan fingerprint density at radius 3 is 2.46 bits per heavy atom.